The van der Waals surface area contributed by atoms with Crippen molar-refractivity contribution in [3.8, 4) is 11.8 Å². The number of fused-ring (bicyclic) bond motifs is 1. The smallest absolute Gasteiger partial charge is 0.119 e. The molecule has 0 radical (unpaired) electrons. The van der Waals surface area contributed by atoms with Crippen molar-refractivity contribution in [1.29, 1.82) is 5.26 Å². The predicted molar refractivity (Wildman–Crippen MR) is 77.5 cm³/mol. The average molecular weight is 267 g/mol. The Morgan fingerprint density at radius 3 is 2.80 bits per heavy atom. The van der Waals surface area contributed by atoms with Gasteiger partial charge in [0.2, 0.25) is 0 Å². The van der Waals surface area contributed by atoms with Crippen LogP contribution in [0.4, 0.5) is 0 Å². The standard InChI is InChI=1S/C17H17NO2/c1-19-16-7-6-12-9-14(5-4-13(12)10-16)17-15(11-18)3-2-8-20-17/h4-7,9-10,15,17H,2-3,8H2,1H3. The van der Waals surface area contributed by atoms with E-state index in [4.69, 9.17) is 9.47 Å². The lowest BCUT2D eigenvalue weighted by molar-refractivity contribution is -0.0101. The number of benzene rings is 2. The largest absolute Gasteiger partial charge is 0.497 e. The first-order valence-corrected chi connectivity index (χ1v) is 6.91. The van der Waals surface area contributed by atoms with E-state index in [1.165, 1.54) is 0 Å². The Morgan fingerprint density at radius 1 is 1.20 bits per heavy atom. The second kappa shape index (κ2) is 5.52. The van der Waals surface area contributed by atoms with E-state index in [1.54, 1.807) is 7.11 Å². The van der Waals surface area contributed by atoms with Crippen molar-refractivity contribution in [2.75, 3.05) is 13.7 Å². The first kappa shape index (κ1) is 13.0. The molecule has 2 aromatic rings. The van der Waals surface area contributed by atoms with Crippen LogP contribution in [0.15, 0.2) is 36.4 Å². The summed E-state index contributed by atoms with van der Waals surface area (Å²) in [5.41, 5.74) is 1.09. The predicted octanol–water partition coefficient (Wildman–Crippen LogP) is 3.84. The first-order valence-electron chi connectivity index (χ1n) is 6.91. The van der Waals surface area contributed by atoms with Crippen molar-refractivity contribution in [3.05, 3.63) is 42.0 Å². The molecule has 0 aromatic heterocycles. The fraction of sp³-hybridized carbons (Fsp3) is 0.353. The van der Waals surface area contributed by atoms with Gasteiger partial charge in [0, 0.05) is 6.61 Å². The summed E-state index contributed by atoms with van der Waals surface area (Å²) < 4.78 is 11.0. The Morgan fingerprint density at radius 2 is 2.00 bits per heavy atom. The molecule has 0 spiro atoms. The molecule has 0 amide bonds. The van der Waals surface area contributed by atoms with Crippen molar-refractivity contribution in [3.63, 3.8) is 0 Å². The van der Waals surface area contributed by atoms with E-state index < -0.39 is 0 Å². The highest BCUT2D eigenvalue weighted by Gasteiger charge is 2.27. The molecule has 0 bridgehead atoms. The van der Waals surface area contributed by atoms with E-state index in [0.29, 0.717) is 0 Å². The van der Waals surface area contributed by atoms with Crippen LogP contribution in [0.5, 0.6) is 5.75 Å². The number of rotatable bonds is 2. The van der Waals surface area contributed by atoms with E-state index in [0.717, 1.165) is 41.5 Å². The minimum Gasteiger partial charge on any atom is -0.497 e. The third kappa shape index (κ3) is 2.35. The van der Waals surface area contributed by atoms with Crippen LogP contribution >= 0.6 is 0 Å². The molecular formula is C17H17NO2. The quantitative estimate of drug-likeness (QED) is 0.830. The van der Waals surface area contributed by atoms with Gasteiger partial charge in [0.25, 0.3) is 0 Å². The Labute approximate surface area is 118 Å². The van der Waals surface area contributed by atoms with Gasteiger partial charge in [-0.25, -0.2) is 0 Å². The van der Waals surface area contributed by atoms with Crippen molar-refractivity contribution in [2.24, 2.45) is 5.92 Å². The zero-order chi connectivity index (χ0) is 13.9. The van der Waals surface area contributed by atoms with Gasteiger partial charge < -0.3 is 9.47 Å². The van der Waals surface area contributed by atoms with Gasteiger partial charge in [0.05, 0.1) is 25.2 Å². The molecule has 0 aliphatic carbocycles. The highest BCUT2D eigenvalue weighted by molar-refractivity contribution is 5.84. The highest BCUT2D eigenvalue weighted by Crippen LogP contribution is 2.34. The second-order valence-electron chi connectivity index (χ2n) is 5.14. The van der Waals surface area contributed by atoms with Crippen molar-refractivity contribution in [2.45, 2.75) is 18.9 Å². The average Bonchev–Trinajstić information content (AvgIpc) is 2.53. The van der Waals surface area contributed by atoms with Crippen LogP contribution in [-0.4, -0.2) is 13.7 Å². The summed E-state index contributed by atoms with van der Waals surface area (Å²) in [5, 5.41) is 11.5. The summed E-state index contributed by atoms with van der Waals surface area (Å²) in [6.45, 7) is 0.740. The molecule has 0 saturated carbocycles. The Hall–Kier alpha value is -2.05. The minimum atomic E-state index is -0.0970. The zero-order valence-corrected chi connectivity index (χ0v) is 11.5. The molecule has 102 valence electrons. The van der Waals surface area contributed by atoms with Crippen LogP contribution in [-0.2, 0) is 4.74 Å². The Bertz CT molecular complexity index is 660. The van der Waals surface area contributed by atoms with Crippen LogP contribution in [0.1, 0.15) is 24.5 Å². The van der Waals surface area contributed by atoms with Crippen LogP contribution in [0.25, 0.3) is 10.8 Å². The van der Waals surface area contributed by atoms with E-state index >= 15 is 0 Å². The molecule has 1 aliphatic rings. The molecule has 1 saturated heterocycles. The van der Waals surface area contributed by atoms with Gasteiger partial charge in [0.15, 0.2) is 0 Å². The van der Waals surface area contributed by atoms with Crippen LogP contribution < -0.4 is 4.74 Å². The highest BCUT2D eigenvalue weighted by atomic mass is 16.5. The molecule has 3 nitrogen and oxygen atoms in total. The van der Waals surface area contributed by atoms with Crippen molar-refractivity contribution < 1.29 is 9.47 Å². The van der Waals surface area contributed by atoms with Crippen molar-refractivity contribution >= 4 is 10.8 Å². The monoisotopic (exact) mass is 267 g/mol. The fourth-order valence-electron chi connectivity index (χ4n) is 2.79. The molecule has 1 aliphatic heterocycles. The summed E-state index contributed by atoms with van der Waals surface area (Å²) in [6.07, 6.45) is 1.79. The van der Waals surface area contributed by atoms with Gasteiger partial charge in [-0.1, -0.05) is 18.2 Å². The molecule has 1 fully saturated rings. The van der Waals surface area contributed by atoms with E-state index in [-0.39, 0.29) is 12.0 Å². The molecule has 2 atom stereocenters. The maximum atomic E-state index is 9.26. The zero-order valence-electron chi connectivity index (χ0n) is 11.5. The minimum absolute atomic E-state index is 0.0422. The van der Waals surface area contributed by atoms with E-state index in [2.05, 4.69) is 24.3 Å². The van der Waals surface area contributed by atoms with Crippen LogP contribution in [0.2, 0.25) is 0 Å². The van der Waals surface area contributed by atoms with Gasteiger partial charge >= 0.3 is 0 Å². The van der Waals surface area contributed by atoms with Gasteiger partial charge in [-0.15, -0.1) is 0 Å². The summed E-state index contributed by atoms with van der Waals surface area (Å²) in [6, 6.07) is 14.6. The molecule has 3 heteroatoms. The molecule has 0 N–H and O–H groups in total. The second-order valence-corrected chi connectivity index (χ2v) is 5.14. The lowest BCUT2D eigenvalue weighted by Gasteiger charge is -2.27. The lowest BCUT2D eigenvalue weighted by atomic mass is 9.90. The third-order valence-corrected chi connectivity index (χ3v) is 3.89. The maximum Gasteiger partial charge on any atom is 0.119 e. The molecule has 20 heavy (non-hydrogen) atoms. The van der Waals surface area contributed by atoms with Gasteiger partial charge in [-0.2, -0.15) is 5.26 Å². The topological polar surface area (TPSA) is 42.2 Å². The lowest BCUT2D eigenvalue weighted by Crippen LogP contribution is -2.21. The number of methoxy groups -OCH3 is 1. The summed E-state index contributed by atoms with van der Waals surface area (Å²) in [7, 11) is 1.67. The van der Waals surface area contributed by atoms with Gasteiger partial charge in [0.1, 0.15) is 5.75 Å². The molecular weight excluding hydrogens is 250 g/mol. The Kier molecular flexibility index (Phi) is 3.58. The normalized spacial score (nSPS) is 22.4. The Balaban J connectivity index is 1.98. The molecule has 3 rings (SSSR count). The number of hydrogen-bond acceptors (Lipinski definition) is 3. The molecule has 2 aromatic carbocycles. The third-order valence-electron chi connectivity index (χ3n) is 3.89. The fourth-order valence-corrected chi connectivity index (χ4v) is 2.79. The number of nitriles is 1. The number of ether oxygens (including phenoxy) is 2. The SMILES string of the molecule is COc1ccc2cc(C3OCCCC3C#N)ccc2c1. The molecule has 1 heterocycles. The number of nitrogens with zero attached hydrogens (tertiary/aromatic N) is 1. The summed E-state index contributed by atoms with van der Waals surface area (Å²) in [4.78, 5) is 0. The van der Waals surface area contributed by atoms with E-state index in [1.807, 2.05) is 18.2 Å². The van der Waals surface area contributed by atoms with Gasteiger partial charge in [-0.05, 0) is 47.4 Å². The van der Waals surface area contributed by atoms with Crippen LogP contribution in [0, 0.1) is 17.2 Å². The summed E-state index contributed by atoms with van der Waals surface area (Å²) >= 11 is 0. The first-order chi connectivity index (χ1) is 9.81. The van der Waals surface area contributed by atoms with Gasteiger partial charge in [-0.3, -0.25) is 0 Å². The molecule has 2 unspecified atom stereocenters. The summed E-state index contributed by atoms with van der Waals surface area (Å²) in [5.74, 6) is 0.813. The van der Waals surface area contributed by atoms with E-state index in [9.17, 15) is 5.26 Å². The van der Waals surface area contributed by atoms with Crippen LogP contribution in [0.3, 0.4) is 0 Å². The maximum absolute atomic E-state index is 9.26. The number of hydrogen-bond donors (Lipinski definition) is 0. The van der Waals surface area contributed by atoms with Crippen molar-refractivity contribution in [1.82, 2.24) is 0 Å².